The second-order valence-electron chi connectivity index (χ2n) is 5.18. The first-order chi connectivity index (χ1) is 11.0. The van der Waals surface area contributed by atoms with E-state index in [1.807, 2.05) is 6.92 Å². The number of nitrogens with zero attached hydrogens (tertiary/aromatic N) is 1. The van der Waals surface area contributed by atoms with Crippen molar-refractivity contribution in [3.8, 4) is 11.5 Å². The molecule has 23 heavy (non-hydrogen) atoms. The summed E-state index contributed by atoms with van der Waals surface area (Å²) in [5.74, 6) is 0.807. The minimum Gasteiger partial charge on any atom is -0.493 e. The van der Waals surface area contributed by atoms with E-state index in [9.17, 15) is 9.59 Å². The Morgan fingerprint density at radius 3 is 2.43 bits per heavy atom. The molecule has 1 aromatic carbocycles. The molecule has 0 aliphatic rings. The van der Waals surface area contributed by atoms with Gasteiger partial charge in [-0.1, -0.05) is 0 Å². The average molecular weight is 316 g/mol. The van der Waals surface area contributed by atoms with E-state index < -0.39 is 6.04 Å². The van der Waals surface area contributed by atoms with E-state index in [4.69, 9.17) is 9.47 Å². The van der Waals surface area contributed by atoms with Crippen molar-refractivity contribution in [3.63, 3.8) is 0 Å². The van der Waals surface area contributed by atoms with Gasteiger partial charge in [-0.15, -0.1) is 0 Å². The van der Waals surface area contributed by atoms with Gasteiger partial charge in [0.2, 0.25) is 5.91 Å². The smallest absolute Gasteiger partial charge is 0.251 e. The number of benzene rings is 1. The van der Waals surface area contributed by atoms with Crippen LogP contribution in [0.2, 0.25) is 0 Å². The topological polar surface area (TPSA) is 69.6 Å². The molecule has 0 aliphatic heterocycles. The fourth-order valence-corrected chi connectivity index (χ4v) is 2.20. The molecule has 6 nitrogen and oxygen atoms in total. The van der Waals surface area contributed by atoms with Crippen LogP contribution in [0.5, 0.6) is 11.5 Å². The second kappa shape index (κ2) is 7.00. The number of ether oxygens (including phenoxy) is 2. The van der Waals surface area contributed by atoms with Gasteiger partial charge in [-0.05, 0) is 37.6 Å². The van der Waals surface area contributed by atoms with Crippen molar-refractivity contribution in [2.45, 2.75) is 19.9 Å². The summed E-state index contributed by atoms with van der Waals surface area (Å²) < 4.78 is 11.8. The maximum atomic E-state index is 12.4. The molecule has 1 heterocycles. The number of methoxy groups -OCH3 is 2. The summed E-state index contributed by atoms with van der Waals surface area (Å²) in [4.78, 5) is 24.3. The van der Waals surface area contributed by atoms with Gasteiger partial charge < -0.3 is 19.4 Å². The minimum atomic E-state index is -0.629. The van der Waals surface area contributed by atoms with Gasteiger partial charge in [-0.25, -0.2) is 0 Å². The minimum absolute atomic E-state index is 0.208. The monoisotopic (exact) mass is 316 g/mol. The number of amides is 1. The standard InChI is InChI=1S/C17H20N2O4/c1-11-7-8-19(16(20)9-11)12(2)17(21)18-13-5-6-14(22-3)15(10-13)23-4/h5-10,12H,1-4H3,(H,18,21). The SMILES string of the molecule is COc1ccc(NC(=O)C(C)n2ccc(C)cc2=O)cc1OC. The van der Waals surface area contributed by atoms with Crippen LogP contribution in [0, 0.1) is 6.92 Å². The van der Waals surface area contributed by atoms with Crippen LogP contribution in [-0.4, -0.2) is 24.7 Å². The van der Waals surface area contributed by atoms with Gasteiger partial charge in [0.15, 0.2) is 11.5 Å². The Balaban J connectivity index is 2.19. The Labute approximate surface area is 134 Å². The lowest BCUT2D eigenvalue weighted by Crippen LogP contribution is -2.31. The fraction of sp³-hybridized carbons (Fsp3) is 0.294. The Morgan fingerprint density at radius 2 is 1.83 bits per heavy atom. The number of carbonyl (C=O) groups excluding carboxylic acids is 1. The zero-order valence-corrected chi connectivity index (χ0v) is 13.6. The van der Waals surface area contributed by atoms with Crippen LogP contribution in [0.1, 0.15) is 18.5 Å². The van der Waals surface area contributed by atoms with Gasteiger partial charge >= 0.3 is 0 Å². The summed E-state index contributed by atoms with van der Waals surface area (Å²) in [6, 6.07) is 7.75. The molecule has 0 fully saturated rings. The lowest BCUT2D eigenvalue weighted by molar-refractivity contribution is -0.118. The summed E-state index contributed by atoms with van der Waals surface area (Å²) >= 11 is 0. The molecular weight excluding hydrogens is 296 g/mol. The molecule has 0 saturated heterocycles. The molecule has 1 aromatic heterocycles. The molecule has 122 valence electrons. The van der Waals surface area contributed by atoms with Crippen molar-refractivity contribution in [1.29, 1.82) is 0 Å². The number of aryl methyl sites for hydroxylation is 1. The van der Waals surface area contributed by atoms with E-state index in [1.54, 1.807) is 44.5 Å². The Morgan fingerprint density at radius 1 is 1.13 bits per heavy atom. The van der Waals surface area contributed by atoms with Crippen molar-refractivity contribution in [3.05, 3.63) is 52.4 Å². The Hall–Kier alpha value is -2.76. The molecule has 6 heteroatoms. The molecule has 0 bridgehead atoms. The van der Waals surface area contributed by atoms with Crippen LogP contribution < -0.4 is 20.3 Å². The molecule has 1 amide bonds. The van der Waals surface area contributed by atoms with Gasteiger partial charge in [0.05, 0.1) is 14.2 Å². The van der Waals surface area contributed by atoms with Gasteiger partial charge in [0.1, 0.15) is 6.04 Å². The average Bonchev–Trinajstić information content (AvgIpc) is 2.54. The van der Waals surface area contributed by atoms with E-state index in [2.05, 4.69) is 5.32 Å². The first-order valence-electron chi connectivity index (χ1n) is 7.18. The largest absolute Gasteiger partial charge is 0.493 e. The van der Waals surface area contributed by atoms with Crippen LogP contribution in [-0.2, 0) is 4.79 Å². The zero-order chi connectivity index (χ0) is 17.0. The summed E-state index contributed by atoms with van der Waals surface area (Å²) in [7, 11) is 3.07. The van der Waals surface area contributed by atoms with Gasteiger partial charge in [0.25, 0.3) is 5.56 Å². The van der Waals surface area contributed by atoms with Crippen molar-refractivity contribution in [1.82, 2.24) is 4.57 Å². The number of hydrogen-bond donors (Lipinski definition) is 1. The Kier molecular flexibility index (Phi) is 5.05. The van der Waals surface area contributed by atoms with Crippen LogP contribution in [0.25, 0.3) is 0 Å². The van der Waals surface area contributed by atoms with E-state index >= 15 is 0 Å². The first kappa shape index (κ1) is 16.6. The Bertz CT molecular complexity index is 767. The van der Waals surface area contributed by atoms with Gasteiger partial charge in [-0.2, -0.15) is 0 Å². The zero-order valence-electron chi connectivity index (χ0n) is 13.6. The van der Waals surface area contributed by atoms with Crippen LogP contribution in [0.3, 0.4) is 0 Å². The van der Waals surface area contributed by atoms with Crippen LogP contribution in [0.4, 0.5) is 5.69 Å². The lowest BCUT2D eigenvalue weighted by Gasteiger charge is -2.16. The highest BCUT2D eigenvalue weighted by atomic mass is 16.5. The number of hydrogen-bond acceptors (Lipinski definition) is 4. The third-order valence-electron chi connectivity index (χ3n) is 3.55. The van der Waals surface area contributed by atoms with E-state index in [1.165, 1.54) is 17.7 Å². The quantitative estimate of drug-likeness (QED) is 0.919. The van der Waals surface area contributed by atoms with Crippen molar-refractivity contribution in [2.75, 3.05) is 19.5 Å². The highest BCUT2D eigenvalue weighted by Crippen LogP contribution is 2.29. The normalized spacial score (nSPS) is 11.7. The fourth-order valence-electron chi connectivity index (χ4n) is 2.20. The number of nitrogens with one attached hydrogen (secondary N) is 1. The number of pyridine rings is 1. The van der Waals surface area contributed by atoms with Gasteiger partial charge in [0, 0.05) is 24.0 Å². The molecule has 1 atom stereocenters. The third-order valence-corrected chi connectivity index (χ3v) is 3.55. The molecule has 1 N–H and O–H groups in total. The van der Waals surface area contributed by atoms with Crippen LogP contribution in [0.15, 0.2) is 41.3 Å². The summed E-state index contributed by atoms with van der Waals surface area (Å²) in [6.07, 6.45) is 1.62. The molecule has 0 spiro atoms. The number of aromatic nitrogens is 1. The molecule has 2 rings (SSSR count). The molecule has 1 unspecified atom stereocenters. The van der Waals surface area contributed by atoms with Crippen molar-refractivity contribution >= 4 is 11.6 Å². The van der Waals surface area contributed by atoms with E-state index in [0.717, 1.165) is 5.56 Å². The van der Waals surface area contributed by atoms with Crippen LogP contribution >= 0.6 is 0 Å². The van der Waals surface area contributed by atoms with Gasteiger partial charge in [-0.3, -0.25) is 9.59 Å². The predicted octanol–water partition coefficient (Wildman–Crippen LogP) is 2.37. The maximum Gasteiger partial charge on any atom is 0.251 e. The van der Waals surface area contributed by atoms with Crippen molar-refractivity contribution < 1.29 is 14.3 Å². The summed E-state index contributed by atoms with van der Waals surface area (Å²) in [5, 5.41) is 2.77. The first-order valence-corrected chi connectivity index (χ1v) is 7.18. The maximum absolute atomic E-state index is 12.4. The highest BCUT2D eigenvalue weighted by Gasteiger charge is 2.16. The lowest BCUT2D eigenvalue weighted by atomic mass is 10.2. The van der Waals surface area contributed by atoms with E-state index in [-0.39, 0.29) is 11.5 Å². The molecular formula is C17H20N2O4. The number of carbonyl (C=O) groups is 1. The third kappa shape index (κ3) is 3.71. The number of anilines is 1. The van der Waals surface area contributed by atoms with E-state index in [0.29, 0.717) is 17.2 Å². The van der Waals surface area contributed by atoms with Crippen molar-refractivity contribution in [2.24, 2.45) is 0 Å². The second-order valence-corrected chi connectivity index (χ2v) is 5.18. The predicted molar refractivity (Wildman–Crippen MR) is 88.3 cm³/mol. The number of rotatable bonds is 5. The molecule has 0 saturated carbocycles. The molecule has 0 aliphatic carbocycles. The molecule has 0 radical (unpaired) electrons. The highest BCUT2D eigenvalue weighted by molar-refractivity contribution is 5.93. The summed E-state index contributed by atoms with van der Waals surface area (Å²) in [6.45, 7) is 3.51. The molecule has 2 aromatic rings. The summed E-state index contributed by atoms with van der Waals surface area (Å²) in [5.41, 5.74) is 1.22.